The third kappa shape index (κ3) is 4.80. The molecule has 0 unspecified atom stereocenters. The van der Waals surface area contributed by atoms with Crippen LogP contribution in [0.4, 0.5) is 11.4 Å². The second-order valence-corrected chi connectivity index (χ2v) is 8.59. The Morgan fingerprint density at radius 3 is 2.59 bits per heavy atom. The van der Waals surface area contributed by atoms with Crippen LogP contribution in [0.3, 0.4) is 0 Å². The number of methoxy groups -OCH3 is 1. The van der Waals surface area contributed by atoms with Crippen LogP contribution < -0.4 is 14.4 Å². The maximum absolute atomic E-state index is 12.3. The van der Waals surface area contributed by atoms with E-state index in [9.17, 15) is 13.2 Å². The van der Waals surface area contributed by atoms with Crippen molar-refractivity contribution in [3.8, 4) is 5.75 Å². The summed E-state index contributed by atoms with van der Waals surface area (Å²) < 4.78 is 30.4. The zero-order valence-corrected chi connectivity index (χ0v) is 16.4. The monoisotopic (exact) mass is 388 g/mol. The first-order chi connectivity index (χ1) is 12.9. The van der Waals surface area contributed by atoms with E-state index in [2.05, 4.69) is 5.32 Å². The molecule has 0 aliphatic carbocycles. The van der Waals surface area contributed by atoms with E-state index in [1.54, 1.807) is 19.2 Å². The second kappa shape index (κ2) is 8.00. The number of hydrogen-bond acceptors (Lipinski definition) is 4. The molecular formula is C20H24N2O4S. The number of nitrogens with one attached hydrogen (secondary N) is 1. The molecule has 1 aliphatic rings. The predicted octanol–water partition coefficient (Wildman–Crippen LogP) is 2.98. The van der Waals surface area contributed by atoms with Crippen molar-refractivity contribution >= 4 is 27.3 Å². The third-order valence-corrected chi connectivity index (χ3v) is 5.82. The fourth-order valence-corrected chi connectivity index (χ4v) is 4.25. The molecule has 144 valence electrons. The molecule has 7 heteroatoms. The molecule has 0 atom stereocenters. The second-order valence-electron chi connectivity index (χ2n) is 6.68. The van der Waals surface area contributed by atoms with Gasteiger partial charge in [0.15, 0.2) is 0 Å². The highest BCUT2D eigenvalue weighted by Gasteiger charge is 2.24. The maximum Gasteiger partial charge on any atom is 0.232 e. The van der Waals surface area contributed by atoms with Crippen molar-refractivity contribution in [1.82, 2.24) is 0 Å². The van der Waals surface area contributed by atoms with Crippen molar-refractivity contribution in [2.75, 3.05) is 29.5 Å². The van der Waals surface area contributed by atoms with Crippen LogP contribution in [0, 0.1) is 0 Å². The van der Waals surface area contributed by atoms with Crippen molar-refractivity contribution in [1.29, 1.82) is 0 Å². The van der Waals surface area contributed by atoms with Crippen molar-refractivity contribution in [2.24, 2.45) is 0 Å². The molecule has 6 nitrogen and oxygen atoms in total. The Hall–Kier alpha value is -2.54. The highest BCUT2D eigenvalue weighted by molar-refractivity contribution is 7.92. The molecule has 1 N–H and O–H groups in total. The van der Waals surface area contributed by atoms with Gasteiger partial charge in [0.1, 0.15) is 5.75 Å². The highest BCUT2D eigenvalue weighted by Crippen LogP contribution is 2.31. The lowest BCUT2D eigenvalue weighted by molar-refractivity contribution is -0.116. The van der Waals surface area contributed by atoms with Crippen LogP contribution >= 0.6 is 0 Å². The van der Waals surface area contributed by atoms with Crippen LogP contribution in [-0.2, 0) is 27.7 Å². The molecule has 0 fully saturated rings. The van der Waals surface area contributed by atoms with Gasteiger partial charge in [-0.1, -0.05) is 12.1 Å². The van der Waals surface area contributed by atoms with Crippen LogP contribution in [0.25, 0.3) is 0 Å². The minimum atomic E-state index is -3.28. The summed E-state index contributed by atoms with van der Waals surface area (Å²) in [5.74, 6) is 0.724. The number of aryl methyl sites for hydroxylation is 2. The minimum absolute atomic E-state index is 0.0680. The van der Waals surface area contributed by atoms with E-state index in [1.165, 1.54) is 10.6 Å². The summed E-state index contributed by atoms with van der Waals surface area (Å²) in [5, 5.41) is 2.91. The molecular weight excluding hydrogens is 364 g/mol. The summed E-state index contributed by atoms with van der Waals surface area (Å²) in [5.41, 5.74) is 3.42. The van der Waals surface area contributed by atoms with E-state index in [0.717, 1.165) is 29.7 Å². The zero-order chi connectivity index (χ0) is 19.4. The van der Waals surface area contributed by atoms with E-state index < -0.39 is 10.0 Å². The number of fused-ring (bicyclic) bond motifs is 1. The molecule has 2 aromatic carbocycles. The van der Waals surface area contributed by atoms with Gasteiger partial charge in [-0.05, 0) is 60.7 Å². The van der Waals surface area contributed by atoms with Gasteiger partial charge in [0.2, 0.25) is 15.9 Å². The first-order valence-electron chi connectivity index (χ1n) is 8.90. The number of ether oxygens (including phenoxy) is 1. The van der Waals surface area contributed by atoms with Gasteiger partial charge in [0.25, 0.3) is 0 Å². The Morgan fingerprint density at radius 1 is 1.19 bits per heavy atom. The normalized spacial score (nSPS) is 13.8. The summed E-state index contributed by atoms with van der Waals surface area (Å²) >= 11 is 0. The number of carbonyl (C=O) groups is 1. The summed E-state index contributed by atoms with van der Waals surface area (Å²) in [6.07, 6.45) is 3.81. The Kier molecular flexibility index (Phi) is 5.70. The largest absolute Gasteiger partial charge is 0.497 e. The number of carbonyl (C=O) groups excluding carboxylic acids is 1. The van der Waals surface area contributed by atoms with E-state index in [4.69, 9.17) is 4.74 Å². The summed E-state index contributed by atoms with van der Waals surface area (Å²) in [4.78, 5) is 12.3. The molecule has 1 heterocycles. The van der Waals surface area contributed by atoms with E-state index >= 15 is 0 Å². The maximum atomic E-state index is 12.3. The molecule has 0 radical (unpaired) electrons. The molecule has 0 aromatic heterocycles. The van der Waals surface area contributed by atoms with Gasteiger partial charge in [0.05, 0.1) is 19.1 Å². The van der Waals surface area contributed by atoms with Crippen LogP contribution in [0.1, 0.15) is 24.0 Å². The Bertz CT molecular complexity index is 923. The number of rotatable bonds is 6. The van der Waals surface area contributed by atoms with Crippen LogP contribution in [0.5, 0.6) is 5.75 Å². The van der Waals surface area contributed by atoms with Crippen LogP contribution in [-0.4, -0.2) is 34.2 Å². The Labute approximate surface area is 160 Å². The molecule has 0 saturated heterocycles. The number of hydrogen-bond donors (Lipinski definition) is 1. The lowest BCUT2D eigenvalue weighted by atomic mass is 10.0. The summed E-state index contributed by atoms with van der Waals surface area (Å²) in [7, 11) is -1.66. The number of benzene rings is 2. The number of sulfonamides is 1. The molecule has 0 saturated carbocycles. The average Bonchev–Trinajstić information content (AvgIpc) is 2.65. The van der Waals surface area contributed by atoms with Crippen LogP contribution in [0.15, 0.2) is 42.5 Å². The molecule has 3 rings (SSSR count). The highest BCUT2D eigenvalue weighted by atomic mass is 32.2. The predicted molar refractivity (Wildman–Crippen MR) is 107 cm³/mol. The van der Waals surface area contributed by atoms with Gasteiger partial charge in [-0.15, -0.1) is 0 Å². The SMILES string of the molecule is COc1ccc(CCC(=O)Nc2ccc3c(c2)CCCN3S(C)(=O)=O)cc1. The number of nitrogens with zero attached hydrogens (tertiary/aromatic N) is 1. The van der Waals surface area contributed by atoms with Gasteiger partial charge in [0, 0.05) is 18.7 Å². The van der Waals surface area contributed by atoms with Gasteiger partial charge in [-0.25, -0.2) is 8.42 Å². The van der Waals surface area contributed by atoms with Crippen LogP contribution in [0.2, 0.25) is 0 Å². The molecule has 0 spiro atoms. The topological polar surface area (TPSA) is 75.7 Å². The lowest BCUT2D eigenvalue weighted by Crippen LogP contribution is -2.34. The molecule has 2 aromatic rings. The zero-order valence-electron chi connectivity index (χ0n) is 15.6. The number of anilines is 2. The van der Waals surface area contributed by atoms with Gasteiger partial charge >= 0.3 is 0 Å². The summed E-state index contributed by atoms with van der Waals surface area (Å²) in [6.45, 7) is 0.499. The van der Waals surface area contributed by atoms with Crippen molar-refractivity contribution in [3.05, 3.63) is 53.6 Å². The smallest absolute Gasteiger partial charge is 0.232 e. The van der Waals surface area contributed by atoms with E-state index in [-0.39, 0.29) is 5.91 Å². The first-order valence-corrected chi connectivity index (χ1v) is 10.7. The van der Waals surface area contributed by atoms with Crippen molar-refractivity contribution in [2.45, 2.75) is 25.7 Å². The molecule has 27 heavy (non-hydrogen) atoms. The molecule has 0 bridgehead atoms. The standard InChI is InChI=1S/C20H24N2O4S/c1-26-18-9-5-15(6-10-18)7-12-20(23)21-17-8-11-19-16(14-17)4-3-13-22(19)27(2,24)25/h5-6,8-11,14H,3-4,7,12-13H2,1-2H3,(H,21,23). The fourth-order valence-electron chi connectivity index (χ4n) is 3.26. The lowest BCUT2D eigenvalue weighted by Gasteiger charge is -2.29. The number of amides is 1. The van der Waals surface area contributed by atoms with Gasteiger partial charge in [-0.2, -0.15) is 0 Å². The molecule has 1 aliphatic heterocycles. The van der Waals surface area contributed by atoms with E-state index in [0.29, 0.717) is 30.8 Å². The first kappa shape index (κ1) is 19.2. The molecule has 1 amide bonds. The Morgan fingerprint density at radius 2 is 1.93 bits per heavy atom. The van der Waals surface area contributed by atoms with Crippen molar-refractivity contribution in [3.63, 3.8) is 0 Å². The summed E-state index contributed by atoms with van der Waals surface area (Å²) in [6, 6.07) is 13.1. The van der Waals surface area contributed by atoms with E-state index in [1.807, 2.05) is 30.3 Å². The van der Waals surface area contributed by atoms with Gasteiger partial charge < -0.3 is 10.1 Å². The van der Waals surface area contributed by atoms with Crippen molar-refractivity contribution < 1.29 is 17.9 Å². The third-order valence-electron chi connectivity index (χ3n) is 4.64. The Balaban J connectivity index is 1.63. The van der Waals surface area contributed by atoms with Gasteiger partial charge in [-0.3, -0.25) is 9.10 Å². The minimum Gasteiger partial charge on any atom is -0.497 e. The average molecular weight is 388 g/mol. The fraction of sp³-hybridized carbons (Fsp3) is 0.350. The quantitative estimate of drug-likeness (QED) is 0.825.